The summed E-state index contributed by atoms with van der Waals surface area (Å²) in [5.74, 6) is -3.19. The number of esters is 1. The zero-order chi connectivity index (χ0) is 17.7. The Morgan fingerprint density at radius 1 is 1.08 bits per heavy atom. The Bertz CT molecular complexity index is 825. The van der Waals surface area contributed by atoms with Gasteiger partial charge in [0.2, 0.25) is 10.0 Å². The maximum atomic E-state index is 13.2. The van der Waals surface area contributed by atoms with Crippen molar-refractivity contribution in [3.8, 4) is 0 Å². The zero-order valence-electron chi connectivity index (χ0n) is 12.8. The van der Waals surface area contributed by atoms with E-state index in [1.165, 1.54) is 0 Å². The van der Waals surface area contributed by atoms with E-state index in [-0.39, 0.29) is 6.61 Å². The summed E-state index contributed by atoms with van der Waals surface area (Å²) >= 11 is 0. The van der Waals surface area contributed by atoms with E-state index < -0.39 is 39.1 Å². The van der Waals surface area contributed by atoms with Crippen LogP contribution in [0.5, 0.6) is 0 Å². The van der Waals surface area contributed by atoms with Gasteiger partial charge < -0.3 is 4.74 Å². The highest BCUT2D eigenvalue weighted by Gasteiger charge is 2.24. The van der Waals surface area contributed by atoms with Crippen molar-refractivity contribution < 1.29 is 26.7 Å². The first-order valence-electron chi connectivity index (χ1n) is 6.91. The second kappa shape index (κ2) is 7.50. The van der Waals surface area contributed by atoms with Gasteiger partial charge in [0.1, 0.15) is 13.2 Å². The number of sulfonamides is 1. The van der Waals surface area contributed by atoms with Crippen LogP contribution in [0.1, 0.15) is 5.56 Å². The molecule has 5 nitrogen and oxygen atoms in total. The van der Waals surface area contributed by atoms with Gasteiger partial charge in [-0.3, -0.25) is 4.79 Å². The van der Waals surface area contributed by atoms with Crippen LogP contribution in [0.15, 0.2) is 53.4 Å². The molecule has 0 aliphatic carbocycles. The van der Waals surface area contributed by atoms with E-state index in [9.17, 15) is 22.0 Å². The number of hydrogen-bond acceptors (Lipinski definition) is 4. The number of rotatable bonds is 6. The molecule has 0 N–H and O–H groups in total. The highest BCUT2D eigenvalue weighted by Crippen LogP contribution is 2.17. The third kappa shape index (κ3) is 4.36. The summed E-state index contributed by atoms with van der Waals surface area (Å²) in [6.45, 7) is -0.535. The summed E-state index contributed by atoms with van der Waals surface area (Å²) in [5, 5.41) is 0. The van der Waals surface area contributed by atoms with E-state index in [2.05, 4.69) is 0 Å². The third-order valence-corrected chi connectivity index (χ3v) is 4.99. The van der Waals surface area contributed by atoms with Crippen molar-refractivity contribution in [2.75, 3.05) is 13.6 Å². The standard InChI is InChI=1S/C16H15F2NO4S/c1-19(10-16(20)23-11-12-5-3-2-4-6-12)24(21,22)13-7-8-14(17)15(18)9-13/h2-9H,10-11H2,1H3. The number of hydrogen-bond donors (Lipinski definition) is 0. The summed E-state index contributed by atoms with van der Waals surface area (Å²) in [6, 6.07) is 11.1. The molecule has 0 spiro atoms. The first-order valence-corrected chi connectivity index (χ1v) is 8.35. The van der Waals surface area contributed by atoms with Gasteiger partial charge in [-0.2, -0.15) is 4.31 Å². The predicted molar refractivity (Wildman–Crippen MR) is 82.4 cm³/mol. The molecule has 0 heterocycles. The maximum absolute atomic E-state index is 13.2. The normalized spacial score (nSPS) is 11.5. The molecule has 0 radical (unpaired) electrons. The molecular weight excluding hydrogens is 340 g/mol. The molecule has 0 fully saturated rings. The summed E-state index contributed by atoms with van der Waals surface area (Å²) in [7, 11) is -2.98. The first-order chi connectivity index (χ1) is 11.3. The van der Waals surface area contributed by atoms with Crippen molar-refractivity contribution in [3.63, 3.8) is 0 Å². The summed E-state index contributed by atoms with van der Waals surface area (Å²) < 4.78 is 56.3. The quantitative estimate of drug-likeness (QED) is 0.746. The Kier molecular flexibility index (Phi) is 5.63. The monoisotopic (exact) mass is 355 g/mol. The Morgan fingerprint density at radius 2 is 1.75 bits per heavy atom. The minimum Gasteiger partial charge on any atom is -0.460 e. The number of nitrogens with zero attached hydrogens (tertiary/aromatic N) is 1. The Hall–Kier alpha value is -2.32. The van der Waals surface area contributed by atoms with Gasteiger partial charge in [0, 0.05) is 7.05 Å². The fraction of sp³-hybridized carbons (Fsp3) is 0.188. The summed E-state index contributed by atoms with van der Waals surface area (Å²) in [4.78, 5) is 11.3. The van der Waals surface area contributed by atoms with E-state index in [1.54, 1.807) is 24.3 Å². The van der Waals surface area contributed by atoms with E-state index in [0.717, 1.165) is 18.7 Å². The van der Waals surface area contributed by atoms with Crippen LogP contribution in [-0.2, 0) is 26.2 Å². The van der Waals surface area contributed by atoms with Gasteiger partial charge in [-0.1, -0.05) is 30.3 Å². The van der Waals surface area contributed by atoms with Crippen molar-refractivity contribution >= 4 is 16.0 Å². The maximum Gasteiger partial charge on any atom is 0.321 e. The molecule has 0 aliphatic heterocycles. The molecule has 2 aromatic carbocycles. The predicted octanol–water partition coefficient (Wildman–Crippen LogP) is 2.33. The molecule has 128 valence electrons. The van der Waals surface area contributed by atoms with Crippen molar-refractivity contribution in [2.45, 2.75) is 11.5 Å². The molecule has 8 heteroatoms. The van der Waals surface area contributed by atoms with Gasteiger partial charge in [-0.25, -0.2) is 17.2 Å². The molecule has 0 amide bonds. The van der Waals surface area contributed by atoms with E-state index >= 15 is 0 Å². The van der Waals surface area contributed by atoms with Crippen molar-refractivity contribution in [3.05, 3.63) is 65.7 Å². The fourth-order valence-corrected chi connectivity index (χ4v) is 3.00. The van der Waals surface area contributed by atoms with Crippen molar-refractivity contribution in [2.24, 2.45) is 0 Å². The highest BCUT2D eigenvalue weighted by molar-refractivity contribution is 7.89. The molecule has 0 unspecified atom stereocenters. The number of carbonyl (C=O) groups excluding carboxylic acids is 1. The number of likely N-dealkylation sites (N-methyl/N-ethyl adjacent to an activating group) is 1. The third-order valence-electron chi connectivity index (χ3n) is 3.19. The Balaban J connectivity index is 2.00. The second-order valence-electron chi connectivity index (χ2n) is 4.98. The lowest BCUT2D eigenvalue weighted by atomic mass is 10.2. The zero-order valence-corrected chi connectivity index (χ0v) is 13.6. The SMILES string of the molecule is CN(CC(=O)OCc1ccccc1)S(=O)(=O)c1ccc(F)c(F)c1. The van der Waals surface area contributed by atoms with Crippen LogP contribution in [-0.4, -0.2) is 32.3 Å². The molecular formula is C16H15F2NO4S. The summed E-state index contributed by atoms with van der Waals surface area (Å²) in [6.07, 6.45) is 0. The molecule has 0 saturated heterocycles. The largest absolute Gasteiger partial charge is 0.460 e. The number of halogens is 2. The molecule has 0 bridgehead atoms. The topological polar surface area (TPSA) is 63.7 Å². The van der Waals surface area contributed by atoms with Crippen LogP contribution in [0.2, 0.25) is 0 Å². The molecule has 0 aliphatic rings. The van der Waals surface area contributed by atoms with Gasteiger partial charge >= 0.3 is 5.97 Å². The first kappa shape index (κ1) is 18.0. The number of ether oxygens (including phenoxy) is 1. The van der Waals surface area contributed by atoms with Gasteiger partial charge in [0.05, 0.1) is 4.90 Å². The molecule has 0 atom stereocenters. The Morgan fingerprint density at radius 3 is 2.38 bits per heavy atom. The van der Waals surface area contributed by atoms with E-state index in [0.29, 0.717) is 16.4 Å². The van der Waals surface area contributed by atoms with Gasteiger partial charge in [-0.05, 0) is 23.8 Å². The molecule has 2 rings (SSSR count). The molecule has 0 saturated carbocycles. The Labute approximate surface area is 138 Å². The lowest BCUT2D eigenvalue weighted by molar-refractivity contribution is -0.144. The van der Waals surface area contributed by atoms with Crippen LogP contribution in [0.25, 0.3) is 0 Å². The van der Waals surface area contributed by atoms with Crippen LogP contribution in [0, 0.1) is 11.6 Å². The van der Waals surface area contributed by atoms with Crippen LogP contribution >= 0.6 is 0 Å². The van der Waals surface area contributed by atoms with Gasteiger partial charge in [-0.15, -0.1) is 0 Å². The molecule has 0 aromatic heterocycles. The van der Waals surface area contributed by atoms with Crippen LogP contribution in [0.4, 0.5) is 8.78 Å². The van der Waals surface area contributed by atoms with Crippen molar-refractivity contribution in [1.82, 2.24) is 4.31 Å². The minimum atomic E-state index is -4.13. The lowest BCUT2D eigenvalue weighted by Crippen LogP contribution is -2.33. The van der Waals surface area contributed by atoms with E-state index in [4.69, 9.17) is 4.74 Å². The van der Waals surface area contributed by atoms with Crippen molar-refractivity contribution in [1.29, 1.82) is 0 Å². The average molecular weight is 355 g/mol. The summed E-state index contributed by atoms with van der Waals surface area (Å²) in [5.41, 5.74) is 0.761. The highest BCUT2D eigenvalue weighted by atomic mass is 32.2. The van der Waals surface area contributed by atoms with Gasteiger partial charge in [0.25, 0.3) is 0 Å². The second-order valence-corrected chi connectivity index (χ2v) is 7.03. The minimum absolute atomic E-state index is 0.0126. The molecule has 2 aromatic rings. The smallest absolute Gasteiger partial charge is 0.321 e. The van der Waals surface area contributed by atoms with Gasteiger partial charge in [0.15, 0.2) is 11.6 Å². The molecule has 24 heavy (non-hydrogen) atoms. The number of benzene rings is 2. The lowest BCUT2D eigenvalue weighted by Gasteiger charge is -2.16. The van der Waals surface area contributed by atoms with E-state index in [1.807, 2.05) is 6.07 Å². The van der Waals surface area contributed by atoms with Crippen LogP contribution < -0.4 is 0 Å². The fourth-order valence-electron chi connectivity index (χ4n) is 1.87. The average Bonchev–Trinajstić information content (AvgIpc) is 2.56. The number of carbonyl (C=O) groups is 1. The van der Waals surface area contributed by atoms with Crippen LogP contribution in [0.3, 0.4) is 0 Å².